The first-order valence-electron chi connectivity index (χ1n) is 5.07. The zero-order valence-electron chi connectivity index (χ0n) is 7.88. The van der Waals surface area contributed by atoms with Crippen LogP contribution in [-0.2, 0) is 4.74 Å². The Morgan fingerprint density at radius 2 is 1.83 bits per heavy atom. The average Bonchev–Trinajstić information content (AvgIpc) is 2.85. The van der Waals surface area contributed by atoms with Crippen LogP contribution < -0.4 is 0 Å². The van der Waals surface area contributed by atoms with Gasteiger partial charge in [0.2, 0.25) is 0 Å². The first-order chi connectivity index (χ1) is 5.42. The van der Waals surface area contributed by atoms with Crippen molar-refractivity contribution in [1.29, 1.82) is 0 Å². The fraction of sp³-hybridized carbons (Fsp3) is 1.00. The quantitative estimate of drug-likeness (QED) is 0.464. The van der Waals surface area contributed by atoms with Gasteiger partial charge in [-0.1, -0.05) is 25.8 Å². The van der Waals surface area contributed by atoms with Crippen LogP contribution >= 0.6 is 0 Å². The van der Waals surface area contributed by atoms with Crippen molar-refractivity contribution in [2.75, 3.05) is 0 Å². The smallest absolute Gasteiger partial charge is 0.0828 e. The van der Waals surface area contributed by atoms with Gasteiger partial charge in [-0.2, -0.15) is 0 Å². The predicted molar refractivity (Wildman–Crippen MR) is 53.3 cm³/mol. The van der Waals surface area contributed by atoms with E-state index in [1.54, 1.807) is 0 Å². The van der Waals surface area contributed by atoms with Crippen LogP contribution in [0, 0.1) is 5.92 Å². The number of hydrogen-bond acceptors (Lipinski definition) is 1. The van der Waals surface area contributed by atoms with Gasteiger partial charge >= 0.3 is 0 Å². The lowest BCUT2D eigenvalue weighted by atomic mass is 9.87. The third kappa shape index (κ3) is 2.09. The summed E-state index contributed by atoms with van der Waals surface area (Å²) in [5.41, 5.74) is 0.776. The molecule has 2 nitrogen and oxygen atoms in total. The second-order valence-electron chi connectivity index (χ2n) is 3.95. The van der Waals surface area contributed by atoms with Crippen LogP contribution in [0.1, 0.15) is 32.1 Å². The van der Waals surface area contributed by atoms with Crippen molar-refractivity contribution in [2.45, 2.75) is 50.5 Å². The van der Waals surface area contributed by atoms with E-state index in [0.29, 0.717) is 0 Å². The molecule has 2 fully saturated rings. The van der Waals surface area contributed by atoms with E-state index in [4.69, 9.17) is 4.74 Å². The van der Waals surface area contributed by atoms with E-state index in [1.165, 1.54) is 32.1 Å². The second-order valence-corrected chi connectivity index (χ2v) is 5.57. The highest BCUT2D eigenvalue weighted by Gasteiger charge is 2.42. The van der Waals surface area contributed by atoms with Crippen LogP contribution in [0.25, 0.3) is 0 Å². The molecule has 2 unspecified atom stereocenters. The molecule has 1 aliphatic heterocycles. The summed E-state index contributed by atoms with van der Waals surface area (Å²) < 4.78 is 5.67. The van der Waals surface area contributed by atoms with E-state index in [0.717, 1.165) is 17.7 Å². The molecule has 72 valence electrons. The molecule has 2 atom stereocenters. The summed E-state index contributed by atoms with van der Waals surface area (Å²) in [6.07, 6.45) is 8.03. The minimum atomic E-state index is 0. The van der Waals surface area contributed by atoms with E-state index in [2.05, 4.69) is 6.55 Å². The first-order valence-corrected chi connectivity index (χ1v) is 7.30. The molecular formula is C9H20O2Si. The van der Waals surface area contributed by atoms with E-state index < -0.39 is 0 Å². The molecule has 0 aromatic rings. The Labute approximate surface area is 76.8 Å². The van der Waals surface area contributed by atoms with Gasteiger partial charge in [-0.3, -0.25) is 0 Å². The van der Waals surface area contributed by atoms with E-state index in [9.17, 15) is 0 Å². The van der Waals surface area contributed by atoms with Gasteiger partial charge in [0.25, 0.3) is 0 Å². The molecule has 1 heterocycles. The molecular weight excluding hydrogens is 168 g/mol. The van der Waals surface area contributed by atoms with E-state index in [-0.39, 0.29) is 15.0 Å². The topological polar surface area (TPSA) is 44.0 Å². The molecule has 0 bridgehead atoms. The summed E-state index contributed by atoms with van der Waals surface area (Å²) in [4.78, 5) is 0. The maximum atomic E-state index is 5.67. The van der Waals surface area contributed by atoms with Gasteiger partial charge in [0.05, 0.1) is 21.4 Å². The van der Waals surface area contributed by atoms with E-state index >= 15 is 0 Å². The van der Waals surface area contributed by atoms with E-state index in [1.807, 2.05) is 0 Å². The summed E-state index contributed by atoms with van der Waals surface area (Å²) in [5, 5.41) is 0. The minimum absolute atomic E-state index is 0. The molecule has 0 spiro atoms. The molecule has 1 aliphatic carbocycles. The largest absolute Gasteiger partial charge is 0.412 e. The third-order valence-corrected chi connectivity index (χ3v) is 4.60. The molecule has 0 aromatic carbocycles. The van der Waals surface area contributed by atoms with Crippen LogP contribution in [0.5, 0.6) is 0 Å². The van der Waals surface area contributed by atoms with Crippen LogP contribution in [-0.4, -0.2) is 26.8 Å². The van der Waals surface area contributed by atoms with Crippen LogP contribution in [0.3, 0.4) is 0 Å². The van der Waals surface area contributed by atoms with Crippen LogP contribution in [0.4, 0.5) is 0 Å². The van der Waals surface area contributed by atoms with Crippen molar-refractivity contribution in [2.24, 2.45) is 5.92 Å². The molecule has 2 rings (SSSR count). The first kappa shape index (κ1) is 10.2. The maximum absolute atomic E-state index is 5.67. The second kappa shape index (κ2) is 4.39. The van der Waals surface area contributed by atoms with Gasteiger partial charge in [0.1, 0.15) is 0 Å². The highest BCUT2D eigenvalue weighted by atomic mass is 28.2. The molecule has 1 saturated carbocycles. The zero-order chi connectivity index (χ0) is 7.68. The summed E-state index contributed by atoms with van der Waals surface area (Å²) in [6.45, 7) is 2.37. The van der Waals surface area contributed by atoms with Crippen molar-refractivity contribution in [3.63, 3.8) is 0 Å². The fourth-order valence-electron chi connectivity index (χ4n) is 2.36. The van der Waals surface area contributed by atoms with Gasteiger partial charge < -0.3 is 10.2 Å². The summed E-state index contributed by atoms with van der Waals surface area (Å²) in [5.74, 6) is 0.959. The summed E-state index contributed by atoms with van der Waals surface area (Å²) in [6, 6.07) is 0. The molecule has 12 heavy (non-hydrogen) atoms. The van der Waals surface area contributed by atoms with Crippen molar-refractivity contribution in [3.8, 4) is 0 Å². The Morgan fingerprint density at radius 1 is 1.17 bits per heavy atom. The predicted octanol–water partition coefficient (Wildman–Crippen LogP) is 0.684. The van der Waals surface area contributed by atoms with Gasteiger partial charge in [0, 0.05) is 0 Å². The Bertz CT molecular complexity index is 134. The lowest BCUT2D eigenvalue weighted by Crippen LogP contribution is -2.16. The Hall–Kier alpha value is 0.137. The SMILES string of the molecule is C[SiH2]C1OC1C1CCCCC1.O. The number of hydrogen-bond donors (Lipinski definition) is 0. The standard InChI is InChI=1S/C9H18OSi.H2O/c1-11-9-8(10-9)7-5-3-2-4-6-7;/h7-9H,2-6,11H2,1H3;1H2. The summed E-state index contributed by atoms with van der Waals surface area (Å²) in [7, 11) is 0.145. The molecule has 1 saturated heterocycles. The van der Waals surface area contributed by atoms with Gasteiger partial charge in [-0.15, -0.1) is 0 Å². The highest BCUT2D eigenvalue weighted by Crippen LogP contribution is 2.37. The third-order valence-electron chi connectivity index (χ3n) is 3.14. The normalized spacial score (nSPS) is 36.8. The zero-order valence-corrected chi connectivity index (χ0v) is 9.30. The lowest BCUT2D eigenvalue weighted by molar-refractivity contribution is 0.265. The van der Waals surface area contributed by atoms with Crippen molar-refractivity contribution in [1.82, 2.24) is 0 Å². The number of ether oxygens (including phenoxy) is 1. The Morgan fingerprint density at radius 3 is 2.33 bits per heavy atom. The van der Waals surface area contributed by atoms with Gasteiger partial charge in [0.15, 0.2) is 0 Å². The van der Waals surface area contributed by atoms with Crippen LogP contribution in [0.15, 0.2) is 0 Å². The molecule has 0 amide bonds. The van der Waals surface area contributed by atoms with Gasteiger partial charge in [-0.25, -0.2) is 0 Å². The molecule has 2 aliphatic rings. The monoisotopic (exact) mass is 188 g/mol. The molecule has 3 heteroatoms. The van der Waals surface area contributed by atoms with Gasteiger partial charge in [-0.05, 0) is 18.8 Å². The molecule has 0 aromatic heterocycles. The Balaban J connectivity index is 0.000000720. The van der Waals surface area contributed by atoms with Crippen molar-refractivity contribution in [3.05, 3.63) is 0 Å². The van der Waals surface area contributed by atoms with Crippen LogP contribution in [0.2, 0.25) is 6.55 Å². The molecule has 2 N–H and O–H groups in total. The average molecular weight is 188 g/mol. The fourth-order valence-corrected chi connectivity index (χ4v) is 3.63. The minimum Gasteiger partial charge on any atom is -0.412 e. The molecule has 0 radical (unpaired) electrons. The van der Waals surface area contributed by atoms with Crippen molar-refractivity contribution >= 4 is 9.52 Å². The lowest BCUT2D eigenvalue weighted by Gasteiger charge is -2.19. The maximum Gasteiger partial charge on any atom is 0.0828 e. The number of rotatable bonds is 2. The Kier molecular flexibility index (Phi) is 3.74. The highest BCUT2D eigenvalue weighted by molar-refractivity contribution is 6.36. The summed E-state index contributed by atoms with van der Waals surface area (Å²) >= 11 is 0. The number of epoxide rings is 1. The van der Waals surface area contributed by atoms with Crippen molar-refractivity contribution < 1.29 is 10.2 Å².